The van der Waals surface area contributed by atoms with Crippen LogP contribution in [0, 0.1) is 13.8 Å². The van der Waals surface area contributed by atoms with Crippen molar-refractivity contribution in [2.24, 2.45) is 0 Å². The van der Waals surface area contributed by atoms with Crippen LogP contribution in [0.2, 0.25) is 0 Å². The number of amides is 1. The standard InChI is InChI=1S/C17H19N5O3/c1-10-14(12(3)24-21-10)6-7-15(23)19-11(2)17-20-16(22-25-17)13-5-4-8-18-9-13/h4-5,8-9,11H,6-7H2,1-3H3,(H,19,23)/t11-/m0/s1. The van der Waals surface area contributed by atoms with Crippen LogP contribution in [0.4, 0.5) is 0 Å². The minimum absolute atomic E-state index is 0.103. The number of aromatic nitrogens is 4. The van der Waals surface area contributed by atoms with Crippen molar-refractivity contribution >= 4 is 5.91 Å². The molecule has 0 unspecified atom stereocenters. The fraction of sp³-hybridized carbons (Fsp3) is 0.353. The van der Waals surface area contributed by atoms with Crippen molar-refractivity contribution in [3.63, 3.8) is 0 Å². The van der Waals surface area contributed by atoms with Crippen molar-refractivity contribution in [3.8, 4) is 11.4 Å². The van der Waals surface area contributed by atoms with Crippen molar-refractivity contribution in [2.75, 3.05) is 0 Å². The first-order valence-corrected chi connectivity index (χ1v) is 7.99. The van der Waals surface area contributed by atoms with Crippen LogP contribution >= 0.6 is 0 Å². The van der Waals surface area contributed by atoms with E-state index < -0.39 is 0 Å². The van der Waals surface area contributed by atoms with E-state index in [1.54, 1.807) is 25.4 Å². The van der Waals surface area contributed by atoms with E-state index in [9.17, 15) is 4.79 Å². The maximum absolute atomic E-state index is 12.2. The monoisotopic (exact) mass is 341 g/mol. The lowest BCUT2D eigenvalue weighted by Crippen LogP contribution is -2.27. The molecule has 0 aliphatic heterocycles. The highest BCUT2D eigenvalue weighted by Gasteiger charge is 2.18. The van der Waals surface area contributed by atoms with Gasteiger partial charge in [-0.15, -0.1) is 0 Å². The van der Waals surface area contributed by atoms with E-state index in [2.05, 4.69) is 25.6 Å². The zero-order valence-corrected chi connectivity index (χ0v) is 14.3. The van der Waals surface area contributed by atoms with E-state index in [1.807, 2.05) is 19.9 Å². The second-order valence-electron chi connectivity index (χ2n) is 5.79. The first-order valence-electron chi connectivity index (χ1n) is 7.99. The van der Waals surface area contributed by atoms with Crippen molar-refractivity contribution < 1.29 is 13.8 Å². The summed E-state index contributed by atoms with van der Waals surface area (Å²) in [5, 5.41) is 10.7. The largest absolute Gasteiger partial charge is 0.361 e. The summed E-state index contributed by atoms with van der Waals surface area (Å²) in [7, 11) is 0. The van der Waals surface area contributed by atoms with Gasteiger partial charge in [-0.25, -0.2) is 0 Å². The Bertz CT molecular complexity index is 837. The molecule has 3 rings (SSSR count). The van der Waals surface area contributed by atoms with Gasteiger partial charge in [-0.1, -0.05) is 10.3 Å². The second-order valence-corrected chi connectivity index (χ2v) is 5.79. The van der Waals surface area contributed by atoms with Crippen LogP contribution in [0.25, 0.3) is 11.4 Å². The van der Waals surface area contributed by atoms with Gasteiger partial charge in [0.15, 0.2) is 0 Å². The molecule has 0 bridgehead atoms. The van der Waals surface area contributed by atoms with Gasteiger partial charge in [0.1, 0.15) is 11.8 Å². The number of nitrogens with one attached hydrogen (secondary N) is 1. The number of carbonyl (C=O) groups excluding carboxylic acids is 1. The van der Waals surface area contributed by atoms with Gasteiger partial charge in [0.2, 0.25) is 17.6 Å². The Kier molecular flexibility index (Phi) is 4.87. The first-order chi connectivity index (χ1) is 12.0. The Hall–Kier alpha value is -3.03. The summed E-state index contributed by atoms with van der Waals surface area (Å²) in [6, 6.07) is 3.26. The zero-order chi connectivity index (χ0) is 17.8. The summed E-state index contributed by atoms with van der Waals surface area (Å²) in [6.45, 7) is 5.51. The average Bonchev–Trinajstić information content (AvgIpc) is 3.22. The van der Waals surface area contributed by atoms with Crippen LogP contribution in [0.15, 0.2) is 33.6 Å². The van der Waals surface area contributed by atoms with Gasteiger partial charge in [-0.3, -0.25) is 9.78 Å². The summed E-state index contributed by atoms with van der Waals surface area (Å²) in [5.74, 6) is 1.44. The molecule has 0 aliphatic rings. The lowest BCUT2D eigenvalue weighted by molar-refractivity contribution is -0.121. The zero-order valence-electron chi connectivity index (χ0n) is 14.3. The molecule has 0 radical (unpaired) electrons. The molecule has 3 aromatic heterocycles. The highest BCUT2D eigenvalue weighted by atomic mass is 16.5. The molecule has 8 nitrogen and oxygen atoms in total. The fourth-order valence-electron chi connectivity index (χ4n) is 2.50. The molecule has 1 amide bonds. The van der Waals surface area contributed by atoms with Gasteiger partial charge in [0.05, 0.1) is 5.69 Å². The Morgan fingerprint density at radius 1 is 1.28 bits per heavy atom. The summed E-state index contributed by atoms with van der Waals surface area (Å²) in [4.78, 5) is 20.5. The highest BCUT2D eigenvalue weighted by molar-refractivity contribution is 5.76. The van der Waals surface area contributed by atoms with E-state index in [-0.39, 0.29) is 11.9 Å². The quantitative estimate of drug-likeness (QED) is 0.734. The third kappa shape index (κ3) is 3.90. The fourth-order valence-corrected chi connectivity index (χ4v) is 2.50. The number of rotatable bonds is 6. The van der Waals surface area contributed by atoms with Gasteiger partial charge in [-0.05, 0) is 39.3 Å². The number of aryl methyl sites for hydroxylation is 2. The predicted octanol–water partition coefficient (Wildman–Crippen LogP) is 2.55. The number of pyridine rings is 1. The van der Waals surface area contributed by atoms with Gasteiger partial charge in [0, 0.05) is 29.9 Å². The molecule has 0 spiro atoms. The smallest absolute Gasteiger partial charge is 0.249 e. The van der Waals surface area contributed by atoms with E-state index in [0.29, 0.717) is 24.6 Å². The minimum Gasteiger partial charge on any atom is -0.361 e. The molecular weight excluding hydrogens is 322 g/mol. The van der Waals surface area contributed by atoms with Crippen molar-refractivity contribution in [1.29, 1.82) is 0 Å². The van der Waals surface area contributed by atoms with Crippen LogP contribution in [-0.2, 0) is 11.2 Å². The molecule has 0 saturated heterocycles. The van der Waals surface area contributed by atoms with Crippen LogP contribution < -0.4 is 5.32 Å². The summed E-state index contributed by atoms with van der Waals surface area (Å²) < 4.78 is 10.3. The maximum Gasteiger partial charge on any atom is 0.249 e. The molecule has 3 aromatic rings. The van der Waals surface area contributed by atoms with E-state index in [4.69, 9.17) is 9.05 Å². The van der Waals surface area contributed by atoms with Crippen LogP contribution in [0.5, 0.6) is 0 Å². The Morgan fingerprint density at radius 3 is 2.80 bits per heavy atom. The number of hydrogen-bond donors (Lipinski definition) is 1. The Labute approximate surface area is 144 Å². The predicted molar refractivity (Wildman–Crippen MR) is 88.4 cm³/mol. The third-order valence-electron chi connectivity index (χ3n) is 3.89. The molecule has 130 valence electrons. The number of hydrogen-bond acceptors (Lipinski definition) is 7. The van der Waals surface area contributed by atoms with E-state index >= 15 is 0 Å². The highest BCUT2D eigenvalue weighted by Crippen LogP contribution is 2.18. The topological polar surface area (TPSA) is 107 Å². The molecule has 0 aliphatic carbocycles. The van der Waals surface area contributed by atoms with E-state index in [0.717, 1.165) is 22.6 Å². The SMILES string of the molecule is Cc1noc(C)c1CCC(=O)N[C@@H](C)c1nc(-c2cccnc2)no1. The molecular formula is C17H19N5O3. The summed E-state index contributed by atoms with van der Waals surface area (Å²) in [6.07, 6.45) is 4.23. The molecule has 3 heterocycles. The van der Waals surface area contributed by atoms with Crippen LogP contribution in [0.3, 0.4) is 0 Å². The molecule has 0 saturated carbocycles. The number of nitrogens with zero attached hydrogens (tertiary/aromatic N) is 4. The maximum atomic E-state index is 12.2. The molecule has 1 atom stereocenters. The molecule has 1 N–H and O–H groups in total. The normalized spacial score (nSPS) is 12.1. The van der Waals surface area contributed by atoms with Gasteiger partial charge in [-0.2, -0.15) is 4.98 Å². The number of carbonyl (C=O) groups is 1. The lowest BCUT2D eigenvalue weighted by Gasteiger charge is -2.09. The summed E-state index contributed by atoms with van der Waals surface area (Å²) in [5.41, 5.74) is 2.55. The second kappa shape index (κ2) is 7.25. The van der Waals surface area contributed by atoms with Gasteiger partial charge < -0.3 is 14.4 Å². The average molecular weight is 341 g/mol. The third-order valence-corrected chi connectivity index (χ3v) is 3.89. The minimum atomic E-state index is -0.380. The van der Waals surface area contributed by atoms with Crippen molar-refractivity contribution in [3.05, 3.63) is 47.4 Å². The first kappa shape index (κ1) is 16.8. The Morgan fingerprint density at radius 2 is 2.12 bits per heavy atom. The lowest BCUT2D eigenvalue weighted by atomic mass is 10.1. The molecule has 0 aromatic carbocycles. The van der Waals surface area contributed by atoms with Crippen molar-refractivity contribution in [1.82, 2.24) is 25.6 Å². The van der Waals surface area contributed by atoms with Crippen molar-refractivity contribution in [2.45, 2.75) is 39.7 Å². The Balaban J connectivity index is 1.58. The van der Waals surface area contributed by atoms with E-state index in [1.165, 1.54) is 0 Å². The molecule has 8 heteroatoms. The van der Waals surface area contributed by atoms with Gasteiger partial charge >= 0.3 is 0 Å². The van der Waals surface area contributed by atoms with Crippen LogP contribution in [0.1, 0.15) is 42.3 Å². The molecule has 25 heavy (non-hydrogen) atoms. The van der Waals surface area contributed by atoms with Gasteiger partial charge in [0.25, 0.3) is 0 Å². The summed E-state index contributed by atoms with van der Waals surface area (Å²) >= 11 is 0. The van der Waals surface area contributed by atoms with Crippen LogP contribution in [-0.4, -0.2) is 26.2 Å². The molecule has 0 fully saturated rings.